The Kier molecular flexibility index (Phi) is 13.9. The molecule has 8 nitrogen and oxygen atoms in total. The maximum Gasteiger partial charge on any atom is 0.268 e. The minimum atomic E-state index is -0.895. The molecular formula is C29H54N4O4. The highest BCUT2D eigenvalue weighted by Gasteiger charge is 2.37. The van der Waals surface area contributed by atoms with Crippen molar-refractivity contribution in [1.29, 1.82) is 0 Å². The lowest BCUT2D eigenvalue weighted by atomic mass is 9.85. The summed E-state index contributed by atoms with van der Waals surface area (Å²) in [7, 11) is 2.10. The van der Waals surface area contributed by atoms with Crippen molar-refractivity contribution in [2.45, 2.75) is 117 Å². The van der Waals surface area contributed by atoms with Gasteiger partial charge in [-0.1, -0.05) is 72.6 Å². The lowest BCUT2D eigenvalue weighted by Gasteiger charge is -2.41. The van der Waals surface area contributed by atoms with Crippen LogP contribution in [0.2, 0.25) is 0 Å². The number of piperidine rings is 1. The number of hydrazine groups is 1. The van der Waals surface area contributed by atoms with Gasteiger partial charge >= 0.3 is 0 Å². The Hall–Kier alpha value is -1.67. The lowest BCUT2D eigenvalue weighted by Crippen LogP contribution is -2.60. The molecule has 2 rings (SSSR count). The fourth-order valence-corrected chi connectivity index (χ4v) is 5.79. The summed E-state index contributed by atoms with van der Waals surface area (Å²) in [6, 6.07) is -0.895. The predicted molar refractivity (Wildman–Crippen MR) is 146 cm³/mol. The predicted octanol–water partition coefficient (Wildman–Crippen LogP) is 5.01. The van der Waals surface area contributed by atoms with Crippen LogP contribution >= 0.6 is 0 Å². The third-order valence-corrected chi connectivity index (χ3v) is 8.10. The van der Waals surface area contributed by atoms with Crippen molar-refractivity contribution in [2.24, 2.45) is 23.7 Å². The largest absolute Gasteiger partial charge is 0.306 e. The Morgan fingerprint density at radius 2 is 1.54 bits per heavy atom. The Morgan fingerprint density at radius 1 is 0.892 bits per heavy atom. The molecule has 0 aromatic heterocycles. The van der Waals surface area contributed by atoms with Crippen LogP contribution in [-0.4, -0.2) is 70.6 Å². The summed E-state index contributed by atoms with van der Waals surface area (Å²) < 4.78 is 0. The quantitative estimate of drug-likeness (QED) is 0.262. The minimum Gasteiger partial charge on any atom is -0.306 e. The highest BCUT2D eigenvalue weighted by molar-refractivity contribution is 5.89. The molecule has 0 radical (unpaired) electrons. The van der Waals surface area contributed by atoms with Crippen molar-refractivity contribution < 1.29 is 19.6 Å². The topological polar surface area (TPSA) is 93.2 Å². The van der Waals surface area contributed by atoms with Crippen LogP contribution in [0.5, 0.6) is 0 Å². The zero-order valence-electron chi connectivity index (χ0n) is 24.2. The van der Waals surface area contributed by atoms with Gasteiger partial charge in [-0.15, -0.1) is 0 Å². The van der Waals surface area contributed by atoms with Gasteiger partial charge in [-0.2, -0.15) is 0 Å². The number of carbonyl (C=O) groups excluding carboxylic acids is 3. The van der Waals surface area contributed by atoms with E-state index < -0.39 is 11.9 Å². The van der Waals surface area contributed by atoms with Gasteiger partial charge < -0.3 is 4.90 Å². The molecule has 1 aliphatic heterocycles. The molecule has 8 heteroatoms. The van der Waals surface area contributed by atoms with E-state index in [4.69, 9.17) is 0 Å². The SMILES string of the molecule is CC(C)CCC(=O)N([C@H](CCCC1CCCCC1)C(=O)NO)N(CC(C)C)C(=O)CC1CCN(C)CC1. The van der Waals surface area contributed by atoms with E-state index in [1.165, 1.54) is 37.1 Å². The van der Waals surface area contributed by atoms with Crippen molar-refractivity contribution in [3.63, 3.8) is 0 Å². The second-order valence-electron chi connectivity index (χ2n) is 12.4. The highest BCUT2D eigenvalue weighted by atomic mass is 16.5. The molecule has 1 saturated heterocycles. The zero-order chi connectivity index (χ0) is 27.4. The molecule has 1 aliphatic carbocycles. The summed E-state index contributed by atoms with van der Waals surface area (Å²) in [6.07, 6.45) is 11.8. The number of nitrogens with zero attached hydrogens (tertiary/aromatic N) is 3. The van der Waals surface area contributed by atoms with Crippen LogP contribution < -0.4 is 5.48 Å². The summed E-state index contributed by atoms with van der Waals surface area (Å²) in [5, 5.41) is 12.6. The minimum absolute atomic E-state index is 0.0934. The molecule has 0 unspecified atom stereocenters. The normalized spacial score (nSPS) is 18.7. The van der Waals surface area contributed by atoms with E-state index in [-0.39, 0.29) is 30.1 Å². The van der Waals surface area contributed by atoms with Crippen molar-refractivity contribution in [3.8, 4) is 0 Å². The highest BCUT2D eigenvalue weighted by Crippen LogP contribution is 2.29. The van der Waals surface area contributed by atoms with Crippen molar-refractivity contribution in [2.75, 3.05) is 26.7 Å². The van der Waals surface area contributed by atoms with Gasteiger partial charge in [0.25, 0.3) is 5.91 Å². The van der Waals surface area contributed by atoms with Crippen molar-refractivity contribution in [3.05, 3.63) is 0 Å². The zero-order valence-corrected chi connectivity index (χ0v) is 24.2. The first-order valence-corrected chi connectivity index (χ1v) is 14.9. The van der Waals surface area contributed by atoms with Gasteiger partial charge in [-0.25, -0.2) is 10.5 Å². The molecule has 1 saturated carbocycles. The Balaban J connectivity index is 2.27. The summed E-state index contributed by atoms with van der Waals surface area (Å²) in [5.41, 5.74) is 1.81. The summed E-state index contributed by atoms with van der Waals surface area (Å²) in [4.78, 5) is 42.8. The maximum atomic E-state index is 13.8. The molecule has 0 spiro atoms. The van der Waals surface area contributed by atoms with Crippen LogP contribution in [0.4, 0.5) is 0 Å². The number of hydrogen-bond donors (Lipinski definition) is 2. The second-order valence-corrected chi connectivity index (χ2v) is 12.4. The van der Waals surface area contributed by atoms with E-state index in [1.54, 1.807) is 5.01 Å². The molecule has 0 aromatic carbocycles. The Morgan fingerprint density at radius 3 is 2.11 bits per heavy atom. The van der Waals surface area contributed by atoms with E-state index in [1.807, 2.05) is 19.3 Å². The van der Waals surface area contributed by atoms with Crippen LogP contribution in [0, 0.1) is 23.7 Å². The van der Waals surface area contributed by atoms with Gasteiger partial charge in [0.15, 0.2) is 0 Å². The van der Waals surface area contributed by atoms with Crippen LogP contribution in [0.3, 0.4) is 0 Å². The fourth-order valence-electron chi connectivity index (χ4n) is 5.79. The first-order valence-electron chi connectivity index (χ1n) is 14.9. The maximum absolute atomic E-state index is 13.8. The van der Waals surface area contributed by atoms with Gasteiger partial charge in [0.05, 0.1) is 0 Å². The van der Waals surface area contributed by atoms with E-state index in [2.05, 4.69) is 25.8 Å². The van der Waals surface area contributed by atoms with Crippen LogP contribution in [-0.2, 0) is 14.4 Å². The first-order chi connectivity index (χ1) is 17.6. The van der Waals surface area contributed by atoms with Gasteiger partial charge in [0.1, 0.15) is 6.04 Å². The molecular weight excluding hydrogens is 468 g/mol. The molecule has 1 heterocycles. The second kappa shape index (κ2) is 16.3. The molecule has 3 amide bonds. The van der Waals surface area contributed by atoms with Gasteiger partial charge in [-0.3, -0.25) is 24.6 Å². The number of rotatable bonds is 13. The smallest absolute Gasteiger partial charge is 0.268 e. The average molecular weight is 523 g/mol. The first kappa shape index (κ1) is 31.5. The third kappa shape index (κ3) is 10.9. The summed E-state index contributed by atoms with van der Waals surface area (Å²) in [6.45, 7) is 10.5. The molecule has 1 atom stereocenters. The van der Waals surface area contributed by atoms with E-state index in [9.17, 15) is 19.6 Å². The number of hydrogen-bond acceptors (Lipinski definition) is 5. The van der Waals surface area contributed by atoms with Gasteiger partial charge in [-0.05, 0) is 69.5 Å². The standard InChI is InChI=1S/C29H54N4O4/c1-22(2)14-15-27(34)33(26(29(36)30-37)13-9-12-24-10-7-6-8-11-24)32(21-23(3)4)28(35)20-25-16-18-31(5)19-17-25/h22-26,37H,6-21H2,1-5H3,(H,30,36)/t26-/m1/s1. The monoisotopic (exact) mass is 522 g/mol. The summed E-state index contributed by atoms with van der Waals surface area (Å²) >= 11 is 0. The number of amides is 3. The number of carbonyl (C=O) groups is 3. The molecule has 2 fully saturated rings. The Bertz CT molecular complexity index is 700. The van der Waals surface area contributed by atoms with E-state index >= 15 is 0 Å². The fraction of sp³-hybridized carbons (Fsp3) is 0.897. The van der Waals surface area contributed by atoms with Crippen molar-refractivity contribution >= 4 is 17.7 Å². The van der Waals surface area contributed by atoms with E-state index in [0.29, 0.717) is 37.6 Å². The summed E-state index contributed by atoms with van der Waals surface area (Å²) in [5.74, 6) is 0.485. The van der Waals surface area contributed by atoms with Crippen molar-refractivity contribution in [1.82, 2.24) is 20.4 Å². The number of likely N-dealkylation sites (tertiary alicyclic amines) is 1. The molecule has 37 heavy (non-hydrogen) atoms. The Labute approximate surface area is 225 Å². The third-order valence-electron chi connectivity index (χ3n) is 8.10. The van der Waals surface area contributed by atoms with Gasteiger partial charge in [0.2, 0.25) is 11.8 Å². The number of nitrogens with one attached hydrogen (secondary N) is 1. The van der Waals surface area contributed by atoms with E-state index in [0.717, 1.165) is 38.8 Å². The van der Waals surface area contributed by atoms with Crippen LogP contribution in [0.25, 0.3) is 0 Å². The molecule has 0 bridgehead atoms. The average Bonchev–Trinajstić information content (AvgIpc) is 2.87. The lowest BCUT2D eigenvalue weighted by molar-refractivity contribution is -0.176. The molecule has 2 N–H and O–H groups in total. The van der Waals surface area contributed by atoms with Crippen LogP contribution in [0.1, 0.15) is 111 Å². The molecule has 0 aromatic rings. The number of hydroxylamine groups is 1. The molecule has 214 valence electrons. The molecule has 2 aliphatic rings. The van der Waals surface area contributed by atoms with Gasteiger partial charge in [0, 0.05) is 19.4 Å². The van der Waals surface area contributed by atoms with Crippen LogP contribution in [0.15, 0.2) is 0 Å².